The van der Waals surface area contributed by atoms with Gasteiger partial charge in [0.2, 0.25) is 0 Å². The fourth-order valence-corrected chi connectivity index (χ4v) is 6.17. The van der Waals surface area contributed by atoms with E-state index in [1.165, 1.54) is 0 Å². The summed E-state index contributed by atoms with van der Waals surface area (Å²) >= 11 is 13.1. The first-order valence-corrected chi connectivity index (χ1v) is 13.3. The molecular formula is C28H33Cl2N3O3. The van der Waals surface area contributed by atoms with Crippen LogP contribution in [0.4, 0.5) is 0 Å². The zero-order chi connectivity index (χ0) is 25.2. The number of ether oxygens (including phenoxy) is 2. The Morgan fingerprint density at radius 3 is 2.58 bits per heavy atom. The second-order valence-corrected chi connectivity index (χ2v) is 10.6. The minimum Gasteiger partial charge on any atom is -0.484 e. The predicted octanol–water partition coefficient (Wildman–Crippen LogP) is 5.96. The van der Waals surface area contributed by atoms with E-state index in [1.807, 2.05) is 38.1 Å². The summed E-state index contributed by atoms with van der Waals surface area (Å²) in [6.07, 6.45) is 1.82. The monoisotopic (exact) mass is 529 g/mol. The second kappa shape index (κ2) is 11.1. The molecule has 1 fully saturated rings. The van der Waals surface area contributed by atoms with Gasteiger partial charge in [0.25, 0.3) is 0 Å². The fraction of sp³-hybridized carbons (Fsp3) is 0.464. The second-order valence-electron chi connectivity index (χ2n) is 9.71. The van der Waals surface area contributed by atoms with E-state index < -0.39 is 0 Å². The number of halogens is 2. The lowest BCUT2D eigenvalue weighted by atomic mass is 10.0. The minimum absolute atomic E-state index is 0.147. The molecule has 1 aliphatic heterocycles. The first-order valence-electron chi connectivity index (χ1n) is 12.6. The van der Waals surface area contributed by atoms with Crippen LogP contribution in [0, 0.1) is 13.8 Å². The van der Waals surface area contributed by atoms with E-state index >= 15 is 0 Å². The van der Waals surface area contributed by atoms with Crippen molar-refractivity contribution in [2.45, 2.75) is 38.8 Å². The quantitative estimate of drug-likeness (QED) is 0.376. The molecule has 5 rings (SSSR count). The van der Waals surface area contributed by atoms with Crippen molar-refractivity contribution in [3.8, 4) is 16.9 Å². The van der Waals surface area contributed by atoms with Crippen molar-refractivity contribution in [2.24, 2.45) is 0 Å². The Balaban J connectivity index is 1.39. The van der Waals surface area contributed by atoms with Gasteiger partial charge in [0.1, 0.15) is 17.6 Å². The lowest BCUT2D eigenvalue weighted by Gasteiger charge is -2.32. The van der Waals surface area contributed by atoms with Crippen LogP contribution in [0.25, 0.3) is 11.1 Å². The van der Waals surface area contributed by atoms with Crippen LogP contribution in [-0.4, -0.2) is 67.4 Å². The first-order chi connectivity index (χ1) is 17.4. The van der Waals surface area contributed by atoms with E-state index in [0.29, 0.717) is 5.02 Å². The average Bonchev–Trinajstić information content (AvgIpc) is 3.28. The number of hydrogen-bond acceptors (Lipinski definition) is 6. The van der Waals surface area contributed by atoms with Gasteiger partial charge in [-0.2, -0.15) is 0 Å². The van der Waals surface area contributed by atoms with Gasteiger partial charge in [-0.05, 0) is 75.2 Å². The average molecular weight is 530 g/mol. The molecule has 36 heavy (non-hydrogen) atoms. The third-order valence-electron chi connectivity index (χ3n) is 7.41. The van der Waals surface area contributed by atoms with Crippen molar-refractivity contribution in [3.63, 3.8) is 0 Å². The van der Waals surface area contributed by atoms with E-state index in [2.05, 4.69) is 27.1 Å². The Labute approximate surface area is 223 Å². The molecule has 2 unspecified atom stereocenters. The van der Waals surface area contributed by atoms with Crippen molar-refractivity contribution in [3.05, 3.63) is 69.0 Å². The van der Waals surface area contributed by atoms with Gasteiger partial charge in [-0.15, -0.1) is 0 Å². The molecule has 2 heterocycles. The maximum atomic E-state index is 6.71. The highest BCUT2D eigenvalue weighted by Gasteiger charge is 2.40. The Hall–Kier alpha value is -2.09. The molecule has 0 bridgehead atoms. The topological polar surface area (TPSA) is 51.0 Å². The number of benzene rings is 2. The molecular weight excluding hydrogens is 497 g/mol. The summed E-state index contributed by atoms with van der Waals surface area (Å²) < 4.78 is 17.4. The third-order valence-corrected chi connectivity index (χ3v) is 7.96. The summed E-state index contributed by atoms with van der Waals surface area (Å²) in [5.41, 5.74) is 5.22. The third kappa shape index (κ3) is 5.29. The normalized spacial score (nSPS) is 20.9. The van der Waals surface area contributed by atoms with Crippen LogP contribution in [0.1, 0.15) is 35.1 Å². The summed E-state index contributed by atoms with van der Waals surface area (Å²) in [4.78, 5) is 5.05. The number of fused-ring (bicyclic) bond motifs is 1. The first kappa shape index (κ1) is 25.6. The molecule has 192 valence electrons. The van der Waals surface area contributed by atoms with Crippen LogP contribution in [0.15, 0.2) is 40.9 Å². The molecule has 0 radical (unpaired) electrons. The number of methoxy groups -OCH3 is 1. The van der Waals surface area contributed by atoms with Crippen LogP contribution in [0.5, 0.6) is 5.75 Å². The van der Waals surface area contributed by atoms with Gasteiger partial charge in [-0.25, -0.2) is 0 Å². The molecule has 0 spiro atoms. The summed E-state index contributed by atoms with van der Waals surface area (Å²) in [6, 6.07) is 12.2. The Kier molecular flexibility index (Phi) is 7.89. The highest BCUT2D eigenvalue weighted by atomic mass is 35.5. The zero-order valence-corrected chi connectivity index (χ0v) is 22.6. The molecule has 1 aliphatic carbocycles. The number of hydrogen-bond donors (Lipinski definition) is 0. The van der Waals surface area contributed by atoms with Gasteiger partial charge in [-0.1, -0.05) is 40.5 Å². The zero-order valence-electron chi connectivity index (χ0n) is 21.1. The van der Waals surface area contributed by atoms with Crippen molar-refractivity contribution >= 4 is 23.2 Å². The van der Waals surface area contributed by atoms with Gasteiger partial charge in [0.05, 0.1) is 18.3 Å². The molecule has 1 saturated heterocycles. The molecule has 0 amide bonds. The maximum absolute atomic E-state index is 6.71. The van der Waals surface area contributed by atoms with E-state index in [1.54, 1.807) is 7.11 Å². The summed E-state index contributed by atoms with van der Waals surface area (Å²) in [5, 5.41) is 5.45. The number of rotatable bonds is 7. The van der Waals surface area contributed by atoms with E-state index in [4.69, 9.17) is 37.2 Å². The maximum Gasteiger partial charge on any atom is 0.141 e. The Morgan fingerprint density at radius 2 is 1.86 bits per heavy atom. The molecule has 8 heteroatoms. The van der Waals surface area contributed by atoms with E-state index in [0.717, 1.165) is 96.7 Å². The van der Waals surface area contributed by atoms with Gasteiger partial charge >= 0.3 is 0 Å². The standard InChI is InChI=1S/C28H33Cl2N3O3/c1-18-27(19(2)36-31-18)20-5-7-22(8-6-20)35-28-24-15-21(29)16-25(30)23(24)17-26(28)33-10-4-9-32(11-12-33)13-14-34-3/h5-8,15-16,26,28H,4,9-14,17H2,1-3H3. The number of aromatic nitrogens is 1. The smallest absolute Gasteiger partial charge is 0.141 e. The summed E-state index contributed by atoms with van der Waals surface area (Å²) in [7, 11) is 1.76. The highest BCUT2D eigenvalue weighted by molar-refractivity contribution is 6.35. The SMILES string of the molecule is COCCN1CCCN(C2Cc3c(Cl)cc(Cl)cc3C2Oc2ccc(-c3c(C)noc3C)cc2)CC1. The van der Waals surface area contributed by atoms with Crippen LogP contribution in [-0.2, 0) is 11.2 Å². The van der Waals surface area contributed by atoms with E-state index in [9.17, 15) is 0 Å². The lowest BCUT2D eigenvalue weighted by molar-refractivity contribution is 0.0787. The minimum atomic E-state index is -0.147. The van der Waals surface area contributed by atoms with Gasteiger partial charge in [-0.3, -0.25) is 9.80 Å². The predicted molar refractivity (Wildman–Crippen MR) is 143 cm³/mol. The molecule has 0 N–H and O–H groups in total. The molecule has 2 atom stereocenters. The van der Waals surface area contributed by atoms with Gasteiger partial charge in [0.15, 0.2) is 0 Å². The molecule has 1 aromatic heterocycles. The van der Waals surface area contributed by atoms with Crippen molar-refractivity contribution in [2.75, 3.05) is 46.4 Å². The largest absolute Gasteiger partial charge is 0.484 e. The lowest BCUT2D eigenvalue weighted by Crippen LogP contribution is -2.42. The molecule has 2 aromatic carbocycles. The number of aryl methyl sites for hydroxylation is 2. The number of nitrogens with zero attached hydrogens (tertiary/aromatic N) is 3. The van der Waals surface area contributed by atoms with Crippen LogP contribution >= 0.6 is 23.2 Å². The van der Waals surface area contributed by atoms with Crippen LogP contribution in [0.3, 0.4) is 0 Å². The Morgan fingerprint density at radius 1 is 1.06 bits per heavy atom. The summed E-state index contributed by atoms with van der Waals surface area (Å²) in [6.45, 7) is 9.74. The van der Waals surface area contributed by atoms with E-state index in [-0.39, 0.29) is 12.1 Å². The van der Waals surface area contributed by atoms with Crippen molar-refractivity contribution < 1.29 is 14.0 Å². The molecule has 0 saturated carbocycles. The Bertz CT molecular complexity index is 1180. The molecule has 2 aliphatic rings. The van der Waals surface area contributed by atoms with Crippen molar-refractivity contribution in [1.82, 2.24) is 15.0 Å². The van der Waals surface area contributed by atoms with Gasteiger partial charge < -0.3 is 14.0 Å². The van der Waals surface area contributed by atoms with Crippen LogP contribution in [0.2, 0.25) is 10.0 Å². The molecule has 6 nitrogen and oxygen atoms in total. The van der Waals surface area contributed by atoms with Crippen LogP contribution < -0.4 is 4.74 Å². The molecule has 3 aromatic rings. The van der Waals surface area contributed by atoms with Crippen molar-refractivity contribution in [1.29, 1.82) is 0 Å². The summed E-state index contributed by atoms with van der Waals surface area (Å²) in [5.74, 6) is 1.64. The fourth-order valence-electron chi connectivity index (χ4n) is 5.59. The highest BCUT2D eigenvalue weighted by Crippen LogP contribution is 2.43. The van der Waals surface area contributed by atoms with Gasteiger partial charge in [0, 0.05) is 47.9 Å².